The Balaban J connectivity index is 2.14. The predicted molar refractivity (Wildman–Crippen MR) is 67.2 cm³/mol. The van der Waals surface area contributed by atoms with Crippen molar-refractivity contribution in [1.29, 1.82) is 0 Å². The van der Waals surface area contributed by atoms with E-state index in [4.69, 9.17) is 11.6 Å². The average molecular weight is 254 g/mol. The molecule has 92 valence electrons. The number of halogens is 1. The molecule has 0 bridgehead atoms. The Hall–Kier alpha value is -1.13. The summed E-state index contributed by atoms with van der Waals surface area (Å²) in [6, 6.07) is 3.84. The Morgan fingerprint density at radius 3 is 2.94 bits per heavy atom. The zero-order valence-electron chi connectivity index (χ0n) is 10.1. The minimum atomic E-state index is -0.0250. The smallest absolute Gasteiger partial charge is 0.257 e. The molecule has 0 aliphatic carbocycles. The molecule has 0 radical (unpaired) electrons. The van der Waals surface area contributed by atoms with Crippen LogP contribution >= 0.6 is 11.6 Å². The summed E-state index contributed by atoms with van der Waals surface area (Å²) in [4.78, 5) is 20.3. The highest BCUT2D eigenvalue weighted by molar-refractivity contribution is 6.32. The largest absolute Gasteiger partial charge is 0.336 e. The summed E-state index contributed by atoms with van der Waals surface area (Å²) in [5.74, 6) is -0.0250. The van der Waals surface area contributed by atoms with Crippen LogP contribution in [0.25, 0.3) is 0 Å². The number of carbonyl (C=O) groups excluding carboxylic acids is 1. The van der Waals surface area contributed by atoms with Gasteiger partial charge in [0.2, 0.25) is 0 Å². The number of pyridine rings is 1. The first-order valence-electron chi connectivity index (χ1n) is 5.69. The number of rotatable bonds is 1. The highest BCUT2D eigenvalue weighted by atomic mass is 35.5. The second-order valence-electron chi connectivity index (χ2n) is 4.42. The van der Waals surface area contributed by atoms with E-state index in [0.29, 0.717) is 11.6 Å². The fraction of sp³-hybridized carbons (Fsp3) is 0.500. The van der Waals surface area contributed by atoms with Crippen molar-refractivity contribution in [3.05, 3.63) is 29.0 Å². The SMILES string of the molecule is CC1CN(C(=O)c2cccnc2Cl)CCN1C. The van der Waals surface area contributed by atoms with Gasteiger partial charge in [0.1, 0.15) is 5.15 Å². The minimum absolute atomic E-state index is 0.0250. The maximum Gasteiger partial charge on any atom is 0.257 e. The van der Waals surface area contributed by atoms with Crippen LogP contribution in [0.3, 0.4) is 0 Å². The fourth-order valence-corrected chi connectivity index (χ4v) is 2.15. The molecular weight excluding hydrogens is 238 g/mol. The molecule has 17 heavy (non-hydrogen) atoms. The Bertz CT molecular complexity index is 424. The molecular formula is C12H16ClN3O. The number of nitrogens with zero attached hydrogens (tertiary/aromatic N) is 3. The first-order valence-corrected chi connectivity index (χ1v) is 6.07. The van der Waals surface area contributed by atoms with Crippen molar-refractivity contribution in [2.75, 3.05) is 26.7 Å². The third kappa shape index (κ3) is 2.58. The Labute approximate surface area is 106 Å². The lowest BCUT2D eigenvalue weighted by atomic mass is 10.1. The summed E-state index contributed by atoms with van der Waals surface area (Å²) in [5.41, 5.74) is 0.492. The highest BCUT2D eigenvalue weighted by Crippen LogP contribution is 2.16. The number of likely N-dealkylation sites (N-methyl/N-ethyl adjacent to an activating group) is 1. The molecule has 1 aromatic heterocycles. The van der Waals surface area contributed by atoms with E-state index in [1.54, 1.807) is 18.3 Å². The van der Waals surface area contributed by atoms with E-state index in [1.807, 2.05) is 4.90 Å². The van der Waals surface area contributed by atoms with Gasteiger partial charge in [0.25, 0.3) is 5.91 Å². The molecule has 0 saturated carbocycles. The molecule has 1 fully saturated rings. The zero-order valence-corrected chi connectivity index (χ0v) is 10.8. The molecule has 1 amide bonds. The third-order valence-corrected chi connectivity index (χ3v) is 3.54. The van der Waals surface area contributed by atoms with Crippen LogP contribution in [0.2, 0.25) is 5.15 Å². The van der Waals surface area contributed by atoms with Crippen LogP contribution in [-0.2, 0) is 0 Å². The van der Waals surface area contributed by atoms with Crippen molar-refractivity contribution in [3.63, 3.8) is 0 Å². The zero-order chi connectivity index (χ0) is 12.4. The maximum atomic E-state index is 12.3. The van der Waals surface area contributed by atoms with Crippen LogP contribution in [0.15, 0.2) is 18.3 Å². The number of hydrogen-bond acceptors (Lipinski definition) is 3. The highest BCUT2D eigenvalue weighted by Gasteiger charge is 2.26. The van der Waals surface area contributed by atoms with Gasteiger partial charge in [0, 0.05) is 31.9 Å². The van der Waals surface area contributed by atoms with E-state index in [-0.39, 0.29) is 11.1 Å². The van der Waals surface area contributed by atoms with E-state index in [0.717, 1.165) is 19.6 Å². The van der Waals surface area contributed by atoms with Crippen LogP contribution in [0, 0.1) is 0 Å². The lowest BCUT2D eigenvalue weighted by molar-refractivity contribution is 0.0572. The molecule has 0 N–H and O–H groups in total. The monoisotopic (exact) mass is 253 g/mol. The number of amides is 1. The Morgan fingerprint density at radius 1 is 1.53 bits per heavy atom. The molecule has 4 nitrogen and oxygen atoms in total. The molecule has 2 rings (SSSR count). The molecule has 1 aliphatic rings. The standard InChI is InChI=1S/C12H16ClN3O/c1-9-8-16(7-6-15(9)2)12(17)10-4-3-5-14-11(10)13/h3-5,9H,6-8H2,1-2H3. The van der Waals surface area contributed by atoms with Gasteiger partial charge in [0.05, 0.1) is 5.56 Å². The minimum Gasteiger partial charge on any atom is -0.336 e. The van der Waals surface area contributed by atoms with Gasteiger partial charge in [-0.2, -0.15) is 0 Å². The van der Waals surface area contributed by atoms with Crippen LogP contribution in [0.4, 0.5) is 0 Å². The van der Waals surface area contributed by atoms with Gasteiger partial charge in [-0.3, -0.25) is 4.79 Å². The van der Waals surface area contributed by atoms with Gasteiger partial charge in [-0.1, -0.05) is 11.6 Å². The van der Waals surface area contributed by atoms with Gasteiger partial charge in [-0.05, 0) is 26.1 Å². The predicted octanol–water partition coefficient (Wildman–Crippen LogP) is 1.51. The van der Waals surface area contributed by atoms with Crippen LogP contribution in [-0.4, -0.2) is 53.4 Å². The van der Waals surface area contributed by atoms with Crippen molar-refractivity contribution in [3.8, 4) is 0 Å². The van der Waals surface area contributed by atoms with E-state index >= 15 is 0 Å². The number of aromatic nitrogens is 1. The molecule has 1 aliphatic heterocycles. The van der Waals surface area contributed by atoms with Gasteiger partial charge < -0.3 is 9.80 Å². The Kier molecular flexibility index (Phi) is 3.64. The first-order chi connectivity index (χ1) is 8.09. The maximum absolute atomic E-state index is 12.3. The van der Waals surface area contributed by atoms with E-state index in [9.17, 15) is 4.79 Å². The summed E-state index contributed by atoms with van der Waals surface area (Å²) in [6.07, 6.45) is 1.59. The van der Waals surface area contributed by atoms with E-state index in [1.165, 1.54) is 0 Å². The van der Waals surface area contributed by atoms with Gasteiger partial charge in [-0.25, -0.2) is 4.98 Å². The Morgan fingerprint density at radius 2 is 2.29 bits per heavy atom. The molecule has 0 spiro atoms. The molecule has 5 heteroatoms. The van der Waals surface area contributed by atoms with E-state index in [2.05, 4.69) is 23.9 Å². The summed E-state index contributed by atoms with van der Waals surface area (Å²) < 4.78 is 0. The second-order valence-corrected chi connectivity index (χ2v) is 4.78. The fourth-order valence-electron chi connectivity index (χ4n) is 1.95. The summed E-state index contributed by atoms with van der Waals surface area (Å²) >= 11 is 5.93. The van der Waals surface area contributed by atoms with Crippen molar-refractivity contribution in [1.82, 2.24) is 14.8 Å². The summed E-state index contributed by atoms with van der Waals surface area (Å²) in [6.45, 7) is 4.49. The number of hydrogen-bond donors (Lipinski definition) is 0. The lowest BCUT2D eigenvalue weighted by Crippen LogP contribution is -2.52. The van der Waals surface area contributed by atoms with Crippen LogP contribution in [0.5, 0.6) is 0 Å². The first kappa shape index (κ1) is 12.3. The number of carbonyl (C=O) groups is 1. The normalized spacial score (nSPS) is 21.6. The topological polar surface area (TPSA) is 36.4 Å². The molecule has 2 heterocycles. The second kappa shape index (κ2) is 5.02. The van der Waals surface area contributed by atoms with Crippen LogP contribution in [0.1, 0.15) is 17.3 Å². The lowest BCUT2D eigenvalue weighted by Gasteiger charge is -2.37. The molecule has 1 atom stereocenters. The van der Waals surface area contributed by atoms with Crippen molar-refractivity contribution in [2.45, 2.75) is 13.0 Å². The molecule has 1 aromatic rings. The third-order valence-electron chi connectivity index (χ3n) is 3.24. The van der Waals surface area contributed by atoms with E-state index < -0.39 is 0 Å². The van der Waals surface area contributed by atoms with Gasteiger partial charge in [0.15, 0.2) is 0 Å². The average Bonchev–Trinajstić information content (AvgIpc) is 2.32. The van der Waals surface area contributed by atoms with Gasteiger partial charge in [-0.15, -0.1) is 0 Å². The molecule has 0 aromatic carbocycles. The molecule has 1 unspecified atom stereocenters. The number of piperazine rings is 1. The summed E-state index contributed by atoms with van der Waals surface area (Å²) in [7, 11) is 2.07. The van der Waals surface area contributed by atoms with Gasteiger partial charge >= 0.3 is 0 Å². The van der Waals surface area contributed by atoms with Crippen molar-refractivity contribution < 1.29 is 4.79 Å². The van der Waals surface area contributed by atoms with Crippen molar-refractivity contribution >= 4 is 17.5 Å². The van der Waals surface area contributed by atoms with Crippen molar-refractivity contribution in [2.24, 2.45) is 0 Å². The summed E-state index contributed by atoms with van der Waals surface area (Å²) in [5, 5.41) is 0.282. The van der Waals surface area contributed by atoms with Crippen LogP contribution < -0.4 is 0 Å². The quantitative estimate of drug-likeness (QED) is 0.712. The molecule has 1 saturated heterocycles.